The number of aryl methyl sites for hydroxylation is 1. The molecule has 0 aromatic carbocycles. The largest absolute Gasteiger partial charge is 0.357 e. The average molecular weight is 423 g/mol. The van der Waals surface area contributed by atoms with Gasteiger partial charge in [0.1, 0.15) is 0 Å². The van der Waals surface area contributed by atoms with Crippen molar-refractivity contribution in [2.24, 2.45) is 12.0 Å². The lowest BCUT2D eigenvalue weighted by Crippen LogP contribution is -2.48. The third-order valence-electron chi connectivity index (χ3n) is 3.54. The molecule has 0 radical (unpaired) electrons. The summed E-state index contributed by atoms with van der Waals surface area (Å²) in [4.78, 5) is 7.16. The van der Waals surface area contributed by atoms with Crippen LogP contribution >= 0.6 is 35.7 Å². The molecule has 7 heteroatoms. The van der Waals surface area contributed by atoms with Crippen LogP contribution in [0.1, 0.15) is 26.0 Å². The summed E-state index contributed by atoms with van der Waals surface area (Å²) < 4.78 is 1.88. The monoisotopic (exact) mass is 423 g/mol. The molecule has 0 amide bonds. The topological polar surface area (TPSA) is 45.5 Å². The second-order valence-corrected chi connectivity index (χ2v) is 6.37. The van der Waals surface area contributed by atoms with Gasteiger partial charge in [0.25, 0.3) is 0 Å². The number of hydrogen-bond acceptors (Lipinski definition) is 3. The number of thioether (sulfide) groups is 1. The van der Waals surface area contributed by atoms with Crippen molar-refractivity contribution in [1.29, 1.82) is 0 Å². The lowest BCUT2D eigenvalue weighted by molar-refractivity contribution is 0.408. The molecule has 1 fully saturated rings. The maximum absolute atomic E-state index is 4.77. The highest BCUT2D eigenvalue weighted by atomic mass is 127. The van der Waals surface area contributed by atoms with E-state index in [-0.39, 0.29) is 24.0 Å². The summed E-state index contributed by atoms with van der Waals surface area (Å²) in [6.07, 6.45) is 3.05. The van der Waals surface area contributed by atoms with Crippen molar-refractivity contribution < 1.29 is 0 Å². The van der Waals surface area contributed by atoms with Crippen LogP contribution in [0.4, 0.5) is 0 Å². The Morgan fingerprint density at radius 1 is 1.52 bits per heavy atom. The van der Waals surface area contributed by atoms with Crippen LogP contribution in [0.2, 0.25) is 0 Å². The van der Waals surface area contributed by atoms with E-state index in [4.69, 9.17) is 4.99 Å². The van der Waals surface area contributed by atoms with Crippen molar-refractivity contribution in [1.82, 2.24) is 20.0 Å². The smallest absolute Gasteiger partial charge is 0.194 e. The number of halogens is 1. The lowest BCUT2D eigenvalue weighted by atomic mass is 10.3. The van der Waals surface area contributed by atoms with Crippen molar-refractivity contribution in [3.63, 3.8) is 0 Å². The summed E-state index contributed by atoms with van der Waals surface area (Å²) in [6.45, 7) is 8.15. The summed E-state index contributed by atoms with van der Waals surface area (Å²) in [7, 11) is 1.96. The quantitative estimate of drug-likeness (QED) is 0.459. The highest BCUT2D eigenvalue weighted by Gasteiger charge is 2.21. The van der Waals surface area contributed by atoms with Gasteiger partial charge >= 0.3 is 0 Å². The molecular formula is C14H26IN5S. The van der Waals surface area contributed by atoms with E-state index in [1.807, 2.05) is 24.0 Å². The van der Waals surface area contributed by atoms with Gasteiger partial charge in [0.15, 0.2) is 5.96 Å². The number of hydrogen-bond donors (Lipinski definition) is 1. The molecule has 120 valence electrons. The van der Waals surface area contributed by atoms with Crippen molar-refractivity contribution in [2.45, 2.75) is 32.1 Å². The average Bonchev–Trinajstić information content (AvgIpc) is 2.89. The fraction of sp³-hybridized carbons (Fsp3) is 0.714. The number of aromatic nitrogens is 2. The molecule has 0 bridgehead atoms. The van der Waals surface area contributed by atoms with Gasteiger partial charge in [-0.1, -0.05) is 6.92 Å². The van der Waals surface area contributed by atoms with Crippen molar-refractivity contribution in [3.8, 4) is 0 Å². The number of nitrogens with zero attached hydrogens (tertiary/aromatic N) is 4. The number of guanidine groups is 1. The molecule has 0 aliphatic carbocycles. The Kier molecular flexibility index (Phi) is 8.46. The van der Waals surface area contributed by atoms with Crippen molar-refractivity contribution in [3.05, 3.63) is 18.0 Å². The molecule has 1 aliphatic heterocycles. The fourth-order valence-corrected chi connectivity index (χ4v) is 3.48. The molecule has 5 nitrogen and oxygen atoms in total. The molecule has 1 N–H and O–H groups in total. The van der Waals surface area contributed by atoms with Crippen LogP contribution in [-0.4, -0.2) is 51.3 Å². The predicted octanol–water partition coefficient (Wildman–Crippen LogP) is 2.33. The predicted molar refractivity (Wildman–Crippen MR) is 102 cm³/mol. The molecule has 2 rings (SSSR count). The summed E-state index contributed by atoms with van der Waals surface area (Å²) in [5.74, 6) is 2.22. The summed E-state index contributed by atoms with van der Waals surface area (Å²) in [5.41, 5.74) is 1.14. The first-order valence-corrected chi connectivity index (χ1v) is 8.41. The van der Waals surface area contributed by atoms with E-state index < -0.39 is 0 Å². The van der Waals surface area contributed by atoms with Crippen LogP contribution in [0.3, 0.4) is 0 Å². The highest BCUT2D eigenvalue weighted by molar-refractivity contribution is 14.0. The first kappa shape index (κ1) is 18.6. The Morgan fingerprint density at radius 2 is 2.33 bits per heavy atom. The molecule has 1 aromatic heterocycles. The maximum atomic E-state index is 4.77. The van der Waals surface area contributed by atoms with Gasteiger partial charge < -0.3 is 10.2 Å². The lowest BCUT2D eigenvalue weighted by Gasteiger charge is -2.34. The minimum atomic E-state index is 0. The second-order valence-electron chi connectivity index (χ2n) is 4.96. The maximum Gasteiger partial charge on any atom is 0.194 e. The van der Waals surface area contributed by atoms with E-state index in [1.54, 1.807) is 0 Å². The second kappa shape index (κ2) is 9.55. The van der Waals surface area contributed by atoms with Gasteiger partial charge in [0.05, 0.1) is 12.2 Å². The molecule has 2 heterocycles. The molecular weight excluding hydrogens is 397 g/mol. The van der Waals surface area contributed by atoms with Crippen molar-refractivity contribution >= 4 is 41.7 Å². The minimum absolute atomic E-state index is 0. The van der Waals surface area contributed by atoms with E-state index in [9.17, 15) is 0 Å². The van der Waals surface area contributed by atoms with Crippen LogP contribution in [0.5, 0.6) is 0 Å². The van der Waals surface area contributed by atoms with Crippen molar-refractivity contribution in [2.75, 3.05) is 25.4 Å². The number of aliphatic imine (C=N–C) groups is 1. The molecule has 0 spiro atoms. The third-order valence-corrected chi connectivity index (χ3v) is 4.91. The molecule has 1 unspecified atom stereocenters. The van der Waals surface area contributed by atoms with E-state index in [0.29, 0.717) is 6.54 Å². The fourth-order valence-electron chi connectivity index (χ4n) is 2.30. The van der Waals surface area contributed by atoms with Gasteiger partial charge in [-0.25, -0.2) is 4.99 Å². The van der Waals surface area contributed by atoms with Crippen LogP contribution < -0.4 is 5.32 Å². The Labute approximate surface area is 149 Å². The first-order valence-electron chi connectivity index (χ1n) is 7.36. The zero-order valence-electron chi connectivity index (χ0n) is 13.1. The zero-order valence-corrected chi connectivity index (χ0v) is 16.2. The van der Waals surface area contributed by atoms with Crippen LogP contribution in [-0.2, 0) is 13.6 Å². The third kappa shape index (κ3) is 5.36. The van der Waals surface area contributed by atoms with Gasteiger partial charge in [-0.05, 0) is 19.4 Å². The molecule has 1 aliphatic rings. The summed E-state index contributed by atoms with van der Waals surface area (Å²) in [5, 5.41) is 8.33. The first-order chi connectivity index (χ1) is 9.74. The Hall–Kier alpha value is -0.440. The van der Waals surface area contributed by atoms with Crippen LogP contribution in [0.25, 0.3) is 0 Å². The Bertz CT molecular complexity index is 448. The van der Waals surface area contributed by atoms with E-state index in [2.05, 4.69) is 40.9 Å². The van der Waals surface area contributed by atoms with Crippen LogP contribution in [0, 0.1) is 0 Å². The molecule has 1 saturated heterocycles. The molecule has 0 saturated carbocycles. The van der Waals surface area contributed by atoms with Crippen LogP contribution in [0.15, 0.2) is 17.3 Å². The Morgan fingerprint density at radius 3 is 2.95 bits per heavy atom. The molecule has 21 heavy (non-hydrogen) atoms. The highest BCUT2D eigenvalue weighted by Crippen LogP contribution is 2.21. The van der Waals surface area contributed by atoms with Gasteiger partial charge in [-0.2, -0.15) is 16.9 Å². The Balaban J connectivity index is 0.00000220. The zero-order chi connectivity index (χ0) is 14.4. The van der Waals surface area contributed by atoms with E-state index >= 15 is 0 Å². The number of nitrogens with one attached hydrogen (secondary N) is 1. The molecule has 1 atom stereocenters. The molecule has 1 aromatic rings. The van der Waals surface area contributed by atoms with E-state index in [0.717, 1.165) is 36.5 Å². The van der Waals surface area contributed by atoms with E-state index in [1.165, 1.54) is 12.2 Å². The normalized spacial score (nSPS) is 19.3. The summed E-state index contributed by atoms with van der Waals surface area (Å²) >= 11 is 2.08. The van der Waals surface area contributed by atoms with Gasteiger partial charge in [-0.3, -0.25) is 4.68 Å². The minimum Gasteiger partial charge on any atom is -0.357 e. The van der Waals surface area contributed by atoms with Gasteiger partial charge in [-0.15, -0.1) is 24.0 Å². The van der Waals surface area contributed by atoms with Gasteiger partial charge in [0.2, 0.25) is 0 Å². The standard InChI is InChI=1S/C14H25N5S.HI/c1-4-13-11-19(8-9-20-13)14(15-5-2)16-10-12-6-7-17-18(12)3;/h6-7,13H,4-5,8-11H2,1-3H3,(H,15,16);1H. The summed E-state index contributed by atoms with van der Waals surface area (Å²) in [6, 6.07) is 2.02. The van der Waals surface area contributed by atoms with Gasteiger partial charge in [0, 0.05) is 43.9 Å². The SMILES string of the molecule is CCNC(=NCc1ccnn1C)N1CCSC(CC)C1.I. The number of rotatable bonds is 4.